The van der Waals surface area contributed by atoms with Crippen LogP contribution in [-0.4, -0.2) is 23.1 Å². The van der Waals surface area contributed by atoms with E-state index in [2.05, 4.69) is 68.5 Å². The minimum Gasteiger partial charge on any atom is -0.481 e. The van der Waals surface area contributed by atoms with Gasteiger partial charge in [-0.15, -0.1) is 0 Å². The standard InChI is InChI=1S/C44H76O4/c1-3-5-7-9-11-13-15-16-17-18-19-20-21-22-23-24-26-28-30-32-37-41-44(47)48-42(39-35-33-36-40-43(45)46)38-34-31-29-27-25-14-12-10-8-6-4-2/h6,8,12,14,18-19,27,29,34,38,42H,3-5,7,9-11,13,15-17,20-26,28,30-33,35-37,39-41H2,1-2H3,(H,45,46)/b8-6-,14-12-,19-18-,29-27-,38-34-. The Bertz CT molecular complexity index is 850. The number of hydrogen-bond donors (Lipinski definition) is 1. The van der Waals surface area contributed by atoms with Crippen molar-refractivity contribution in [3.05, 3.63) is 60.8 Å². The van der Waals surface area contributed by atoms with Crippen molar-refractivity contribution in [3.8, 4) is 0 Å². The van der Waals surface area contributed by atoms with Gasteiger partial charge in [0.1, 0.15) is 6.10 Å². The molecule has 0 saturated carbocycles. The lowest BCUT2D eigenvalue weighted by molar-refractivity contribution is -0.147. The van der Waals surface area contributed by atoms with Gasteiger partial charge in [-0.1, -0.05) is 165 Å². The van der Waals surface area contributed by atoms with E-state index in [0.29, 0.717) is 12.8 Å². The summed E-state index contributed by atoms with van der Waals surface area (Å²) in [5, 5.41) is 8.87. The minimum absolute atomic E-state index is 0.111. The number of carbonyl (C=O) groups excluding carboxylic acids is 1. The average molecular weight is 669 g/mol. The number of carboxylic acid groups (broad SMARTS) is 1. The third kappa shape index (κ3) is 38.1. The van der Waals surface area contributed by atoms with Crippen molar-refractivity contribution < 1.29 is 19.4 Å². The number of allylic oxidation sites excluding steroid dienone is 9. The lowest BCUT2D eigenvalue weighted by Crippen LogP contribution is -2.16. The average Bonchev–Trinajstić information content (AvgIpc) is 3.07. The molecule has 0 saturated heterocycles. The van der Waals surface area contributed by atoms with Crippen LogP contribution < -0.4 is 0 Å². The van der Waals surface area contributed by atoms with Gasteiger partial charge in [-0.25, -0.2) is 0 Å². The molecular weight excluding hydrogens is 592 g/mol. The maximum atomic E-state index is 12.6. The van der Waals surface area contributed by atoms with Gasteiger partial charge in [-0.05, 0) is 83.1 Å². The van der Waals surface area contributed by atoms with Crippen LogP contribution in [0.15, 0.2) is 60.8 Å². The lowest BCUT2D eigenvalue weighted by atomic mass is 10.1. The molecule has 0 aromatic heterocycles. The molecule has 0 bridgehead atoms. The van der Waals surface area contributed by atoms with Crippen molar-refractivity contribution in [1.82, 2.24) is 0 Å². The van der Waals surface area contributed by atoms with Crippen LogP contribution in [0.4, 0.5) is 0 Å². The van der Waals surface area contributed by atoms with E-state index in [1.165, 1.54) is 109 Å². The maximum Gasteiger partial charge on any atom is 0.306 e. The first-order chi connectivity index (χ1) is 23.6. The number of esters is 1. The first-order valence-electron chi connectivity index (χ1n) is 20.3. The first kappa shape index (κ1) is 45.6. The molecule has 1 N–H and O–H groups in total. The molecule has 0 radical (unpaired) electrons. The molecule has 0 fully saturated rings. The molecule has 4 heteroatoms. The van der Waals surface area contributed by atoms with E-state index in [1.54, 1.807) is 0 Å². The number of carboxylic acids is 1. The summed E-state index contributed by atoms with van der Waals surface area (Å²) in [4.78, 5) is 23.4. The number of carbonyl (C=O) groups is 2. The molecule has 0 heterocycles. The molecule has 48 heavy (non-hydrogen) atoms. The third-order valence-electron chi connectivity index (χ3n) is 8.71. The van der Waals surface area contributed by atoms with Crippen LogP contribution in [0.1, 0.15) is 200 Å². The number of aliphatic carboxylic acids is 1. The van der Waals surface area contributed by atoms with Crippen LogP contribution in [0.2, 0.25) is 0 Å². The first-order valence-corrected chi connectivity index (χ1v) is 20.3. The van der Waals surface area contributed by atoms with Gasteiger partial charge < -0.3 is 9.84 Å². The van der Waals surface area contributed by atoms with Gasteiger partial charge in [0.15, 0.2) is 0 Å². The second-order valence-corrected chi connectivity index (χ2v) is 13.4. The zero-order chi connectivity index (χ0) is 35.0. The van der Waals surface area contributed by atoms with Crippen molar-refractivity contribution in [2.45, 2.75) is 206 Å². The van der Waals surface area contributed by atoms with E-state index in [-0.39, 0.29) is 18.5 Å². The Morgan fingerprint density at radius 2 is 0.938 bits per heavy atom. The fourth-order valence-corrected chi connectivity index (χ4v) is 5.74. The Morgan fingerprint density at radius 1 is 0.500 bits per heavy atom. The molecule has 0 aliphatic heterocycles. The summed E-state index contributed by atoms with van der Waals surface area (Å²) < 4.78 is 5.83. The molecule has 1 unspecified atom stereocenters. The molecule has 0 aromatic rings. The topological polar surface area (TPSA) is 63.6 Å². The SMILES string of the molecule is CC/C=C\C/C=C\C/C=C\C/C=C\C(CCCCCC(=O)O)OC(=O)CCCCCCCCCCC/C=C\CCCCCCCCCC. The quantitative estimate of drug-likeness (QED) is 0.0410. The minimum atomic E-state index is -0.750. The van der Waals surface area contributed by atoms with Gasteiger partial charge in [0, 0.05) is 12.8 Å². The van der Waals surface area contributed by atoms with Crippen LogP contribution >= 0.6 is 0 Å². The number of hydrogen-bond acceptors (Lipinski definition) is 3. The van der Waals surface area contributed by atoms with E-state index in [4.69, 9.17) is 9.84 Å². The smallest absolute Gasteiger partial charge is 0.306 e. The molecular formula is C44H76O4. The monoisotopic (exact) mass is 669 g/mol. The Kier molecular flexibility index (Phi) is 37.2. The molecule has 4 nitrogen and oxygen atoms in total. The van der Waals surface area contributed by atoms with Gasteiger partial charge in [0.2, 0.25) is 0 Å². The van der Waals surface area contributed by atoms with Crippen molar-refractivity contribution in [2.24, 2.45) is 0 Å². The molecule has 276 valence electrons. The molecule has 1 atom stereocenters. The second kappa shape index (κ2) is 39.1. The Labute approximate surface area is 297 Å². The maximum absolute atomic E-state index is 12.6. The van der Waals surface area contributed by atoms with E-state index in [1.807, 2.05) is 6.08 Å². The van der Waals surface area contributed by atoms with Crippen LogP contribution in [0.5, 0.6) is 0 Å². The zero-order valence-corrected chi connectivity index (χ0v) is 31.5. The summed E-state index contributed by atoms with van der Waals surface area (Å²) in [6, 6.07) is 0. The van der Waals surface area contributed by atoms with Gasteiger partial charge in [-0.3, -0.25) is 9.59 Å². The Hall–Kier alpha value is -2.36. The summed E-state index contributed by atoms with van der Waals surface area (Å²) >= 11 is 0. The summed E-state index contributed by atoms with van der Waals surface area (Å²) in [5.41, 5.74) is 0. The summed E-state index contributed by atoms with van der Waals surface area (Å²) in [6.07, 6.45) is 54.0. The molecule has 0 spiro atoms. The van der Waals surface area contributed by atoms with E-state index in [0.717, 1.165) is 57.8 Å². The van der Waals surface area contributed by atoms with Crippen molar-refractivity contribution >= 4 is 11.9 Å². The number of ether oxygens (including phenoxy) is 1. The normalized spacial score (nSPS) is 12.9. The van der Waals surface area contributed by atoms with Crippen LogP contribution in [0, 0.1) is 0 Å². The fourth-order valence-electron chi connectivity index (χ4n) is 5.74. The molecule has 0 rings (SSSR count). The molecule has 0 aliphatic rings. The second-order valence-electron chi connectivity index (χ2n) is 13.4. The van der Waals surface area contributed by atoms with E-state index in [9.17, 15) is 9.59 Å². The fraction of sp³-hybridized carbons (Fsp3) is 0.727. The highest BCUT2D eigenvalue weighted by molar-refractivity contribution is 5.69. The highest BCUT2D eigenvalue weighted by Gasteiger charge is 2.11. The zero-order valence-electron chi connectivity index (χ0n) is 31.5. The van der Waals surface area contributed by atoms with E-state index >= 15 is 0 Å². The number of rotatable bonds is 36. The van der Waals surface area contributed by atoms with Gasteiger partial charge in [0.25, 0.3) is 0 Å². The lowest BCUT2D eigenvalue weighted by Gasteiger charge is -2.14. The Morgan fingerprint density at radius 3 is 1.46 bits per heavy atom. The predicted octanol–water partition coefficient (Wildman–Crippen LogP) is 14.1. The largest absolute Gasteiger partial charge is 0.481 e. The van der Waals surface area contributed by atoms with Crippen LogP contribution in [0.25, 0.3) is 0 Å². The van der Waals surface area contributed by atoms with E-state index < -0.39 is 5.97 Å². The summed E-state index contributed by atoms with van der Waals surface area (Å²) in [7, 11) is 0. The van der Waals surface area contributed by atoms with Crippen molar-refractivity contribution in [2.75, 3.05) is 0 Å². The number of unbranched alkanes of at least 4 members (excludes halogenated alkanes) is 19. The molecule has 0 aliphatic carbocycles. The molecule has 0 amide bonds. The molecule has 0 aromatic carbocycles. The van der Waals surface area contributed by atoms with Crippen molar-refractivity contribution in [3.63, 3.8) is 0 Å². The summed E-state index contributed by atoms with van der Waals surface area (Å²) in [6.45, 7) is 4.42. The predicted molar refractivity (Wildman–Crippen MR) is 208 cm³/mol. The van der Waals surface area contributed by atoms with Gasteiger partial charge in [0.05, 0.1) is 0 Å². The highest BCUT2D eigenvalue weighted by Crippen LogP contribution is 2.15. The van der Waals surface area contributed by atoms with Gasteiger partial charge >= 0.3 is 11.9 Å². The van der Waals surface area contributed by atoms with Crippen LogP contribution in [0.3, 0.4) is 0 Å². The van der Waals surface area contributed by atoms with Crippen LogP contribution in [-0.2, 0) is 14.3 Å². The summed E-state index contributed by atoms with van der Waals surface area (Å²) in [5.74, 6) is -0.862. The van der Waals surface area contributed by atoms with Crippen molar-refractivity contribution in [1.29, 1.82) is 0 Å². The highest BCUT2D eigenvalue weighted by atomic mass is 16.5. The third-order valence-corrected chi connectivity index (χ3v) is 8.71. The van der Waals surface area contributed by atoms with Gasteiger partial charge in [-0.2, -0.15) is 0 Å². The Balaban J connectivity index is 3.95.